The number of hydrogen-bond acceptors (Lipinski definition) is 4. The van der Waals surface area contributed by atoms with E-state index in [9.17, 15) is 13.6 Å². The molecule has 6 nitrogen and oxygen atoms in total. The van der Waals surface area contributed by atoms with Gasteiger partial charge in [0.25, 0.3) is 0 Å². The van der Waals surface area contributed by atoms with Crippen LogP contribution < -0.4 is 4.74 Å². The highest BCUT2D eigenvalue weighted by molar-refractivity contribution is 6.31. The molecular formula is C21H19ClF2N4O2. The van der Waals surface area contributed by atoms with Crippen molar-refractivity contribution >= 4 is 17.4 Å². The van der Waals surface area contributed by atoms with E-state index in [2.05, 4.69) is 21.0 Å². The van der Waals surface area contributed by atoms with Crippen molar-refractivity contribution in [3.63, 3.8) is 0 Å². The number of Topliss-reactive ketones (excluding diaryl/α,β-unsaturated/α-hetero) is 1. The zero-order chi connectivity index (χ0) is 21.1. The smallest absolute Gasteiger partial charge is 0.387 e. The number of carbonyl (C=O) groups is 1. The summed E-state index contributed by atoms with van der Waals surface area (Å²) in [4.78, 5) is 11.4. The van der Waals surface area contributed by atoms with E-state index in [-0.39, 0.29) is 5.75 Å². The van der Waals surface area contributed by atoms with Crippen molar-refractivity contribution in [1.29, 1.82) is 0 Å². The Morgan fingerprint density at radius 2 is 2.03 bits per heavy atom. The molecular weight excluding hydrogens is 414 g/mol. The molecule has 30 heavy (non-hydrogen) atoms. The van der Waals surface area contributed by atoms with Crippen LogP contribution in [0.2, 0.25) is 5.02 Å². The predicted octanol–water partition coefficient (Wildman–Crippen LogP) is 5.06. The maximum Gasteiger partial charge on any atom is 0.387 e. The number of ether oxygens (including phenoxy) is 1. The molecule has 0 atom stereocenters. The maximum atomic E-state index is 12.9. The zero-order valence-electron chi connectivity index (χ0n) is 16.0. The van der Waals surface area contributed by atoms with E-state index in [4.69, 9.17) is 11.6 Å². The summed E-state index contributed by atoms with van der Waals surface area (Å²) in [5.41, 5.74) is 2.60. The van der Waals surface area contributed by atoms with E-state index < -0.39 is 6.61 Å². The Hall–Kier alpha value is -3.00. The van der Waals surface area contributed by atoms with Gasteiger partial charge >= 0.3 is 6.61 Å². The number of carbonyl (C=O) groups excluding carboxylic acids is 1. The van der Waals surface area contributed by atoms with Gasteiger partial charge in [-0.15, -0.1) is 0 Å². The van der Waals surface area contributed by atoms with Gasteiger partial charge in [-0.1, -0.05) is 23.3 Å². The first kappa shape index (κ1) is 20.3. The van der Waals surface area contributed by atoms with E-state index in [1.54, 1.807) is 40.1 Å². The maximum absolute atomic E-state index is 12.9. The third kappa shape index (κ3) is 4.59. The molecule has 0 radical (unpaired) electrons. The fourth-order valence-electron chi connectivity index (χ4n) is 3.44. The lowest BCUT2D eigenvalue weighted by molar-refractivity contribution is -0.119. The van der Waals surface area contributed by atoms with Crippen molar-refractivity contribution in [1.82, 2.24) is 19.6 Å². The number of rotatable bonds is 6. The summed E-state index contributed by atoms with van der Waals surface area (Å²) < 4.78 is 33.8. The molecule has 1 aliphatic rings. The largest absolute Gasteiger partial charge is 0.434 e. The average Bonchev–Trinajstić information content (AvgIpc) is 3.38. The van der Waals surface area contributed by atoms with Crippen LogP contribution in [0, 0.1) is 0 Å². The quantitative estimate of drug-likeness (QED) is 0.511. The van der Waals surface area contributed by atoms with Crippen molar-refractivity contribution < 1.29 is 18.3 Å². The summed E-state index contributed by atoms with van der Waals surface area (Å²) in [5, 5.41) is 9.23. The second-order valence-corrected chi connectivity index (χ2v) is 7.39. The van der Waals surface area contributed by atoms with Gasteiger partial charge in [-0.3, -0.25) is 9.48 Å². The van der Waals surface area contributed by atoms with Gasteiger partial charge in [-0.25, -0.2) is 4.68 Å². The highest BCUT2D eigenvalue weighted by atomic mass is 35.5. The van der Waals surface area contributed by atoms with Crippen molar-refractivity contribution in [3.8, 4) is 22.7 Å². The summed E-state index contributed by atoms with van der Waals surface area (Å²) in [7, 11) is 0. The standard InChI is InChI=1S/C21H19ClF2N4O2/c22-15-4-7-19(30-21(23)24)17(12-15)20-18(28-10-1-9-25-28)13-27(26-20)11-8-14-2-5-16(29)6-3-14/h1,4,7-10,12-13,21H,2-3,5-6,11H2. The van der Waals surface area contributed by atoms with E-state index in [1.165, 1.54) is 17.7 Å². The van der Waals surface area contributed by atoms with Crippen LogP contribution in [0.3, 0.4) is 0 Å². The summed E-state index contributed by atoms with van der Waals surface area (Å²) in [6, 6.07) is 6.19. The Balaban J connectivity index is 1.72. The summed E-state index contributed by atoms with van der Waals surface area (Å²) >= 11 is 6.12. The molecule has 156 valence electrons. The number of ketones is 1. The van der Waals surface area contributed by atoms with Crippen molar-refractivity contribution in [2.45, 2.75) is 38.8 Å². The van der Waals surface area contributed by atoms with Crippen molar-refractivity contribution in [2.75, 3.05) is 0 Å². The molecule has 9 heteroatoms. The highest BCUT2D eigenvalue weighted by Crippen LogP contribution is 2.36. The predicted molar refractivity (Wildman–Crippen MR) is 108 cm³/mol. The minimum Gasteiger partial charge on any atom is -0.434 e. The van der Waals surface area contributed by atoms with E-state index >= 15 is 0 Å². The van der Waals surface area contributed by atoms with Crippen LogP contribution in [0.15, 0.2) is 54.5 Å². The molecule has 1 aliphatic carbocycles. The molecule has 0 saturated heterocycles. The molecule has 0 unspecified atom stereocenters. The van der Waals surface area contributed by atoms with E-state index in [0.29, 0.717) is 47.1 Å². The number of aromatic nitrogens is 4. The molecule has 0 aliphatic heterocycles. The molecule has 1 fully saturated rings. The molecule has 2 aromatic heterocycles. The first-order chi connectivity index (χ1) is 14.5. The van der Waals surface area contributed by atoms with E-state index in [0.717, 1.165) is 12.8 Å². The second kappa shape index (κ2) is 8.79. The fourth-order valence-corrected chi connectivity index (χ4v) is 3.61. The SMILES string of the molecule is O=C1CCC(=CCn2cc(-n3cccn3)c(-c3cc(Cl)ccc3OC(F)F)n2)CC1. The molecule has 1 saturated carbocycles. The molecule has 4 rings (SSSR count). The van der Waals surface area contributed by atoms with Gasteiger partial charge in [-0.2, -0.15) is 19.0 Å². The molecule has 2 heterocycles. The van der Waals surface area contributed by atoms with Gasteiger partial charge in [0.2, 0.25) is 0 Å². The summed E-state index contributed by atoms with van der Waals surface area (Å²) in [5.74, 6) is 0.277. The van der Waals surface area contributed by atoms with Crippen LogP contribution in [0.1, 0.15) is 25.7 Å². The number of benzene rings is 1. The Labute approximate surface area is 176 Å². The lowest BCUT2D eigenvalue weighted by Gasteiger charge is -2.12. The van der Waals surface area contributed by atoms with Gasteiger partial charge in [0.15, 0.2) is 0 Å². The Kier molecular flexibility index (Phi) is 5.94. The molecule has 0 spiro atoms. The number of hydrogen-bond donors (Lipinski definition) is 0. The minimum absolute atomic E-state index is 0.0165. The number of halogens is 3. The highest BCUT2D eigenvalue weighted by Gasteiger charge is 2.20. The molecule has 0 bridgehead atoms. The number of alkyl halides is 2. The van der Waals surface area contributed by atoms with Crippen LogP contribution in [-0.4, -0.2) is 32.0 Å². The molecule has 3 aromatic rings. The lowest BCUT2D eigenvalue weighted by Crippen LogP contribution is -2.07. The normalized spacial score (nSPS) is 14.4. The monoisotopic (exact) mass is 432 g/mol. The number of allylic oxidation sites excluding steroid dienone is 2. The van der Waals surface area contributed by atoms with Crippen molar-refractivity contribution in [2.24, 2.45) is 0 Å². The van der Waals surface area contributed by atoms with Gasteiger partial charge in [-0.05, 0) is 37.1 Å². The van der Waals surface area contributed by atoms with Gasteiger partial charge in [0.05, 0.1) is 12.7 Å². The van der Waals surface area contributed by atoms with Gasteiger partial charge < -0.3 is 4.74 Å². The topological polar surface area (TPSA) is 61.9 Å². The zero-order valence-corrected chi connectivity index (χ0v) is 16.7. The van der Waals surface area contributed by atoms with Crippen LogP contribution in [0.5, 0.6) is 5.75 Å². The summed E-state index contributed by atoms with van der Waals surface area (Å²) in [6.45, 7) is -2.48. The first-order valence-electron chi connectivity index (χ1n) is 9.51. The lowest BCUT2D eigenvalue weighted by atomic mass is 9.94. The van der Waals surface area contributed by atoms with Crippen LogP contribution in [0.4, 0.5) is 8.78 Å². The van der Waals surface area contributed by atoms with Crippen LogP contribution >= 0.6 is 11.6 Å². The van der Waals surface area contributed by atoms with Crippen LogP contribution in [0.25, 0.3) is 16.9 Å². The first-order valence-corrected chi connectivity index (χ1v) is 9.89. The second-order valence-electron chi connectivity index (χ2n) is 6.96. The van der Waals surface area contributed by atoms with Gasteiger partial charge in [0, 0.05) is 35.8 Å². The Morgan fingerprint density at radius 1 is 1.23 bits per heavy atom. The van der Waals surface area contributed by atoms with Gasteiger partial charge in [0.1, 0.15) is 22.9 Å². The molecule has 1 aromatic carbocycles. The Morgan fingerprint density at radius 3 is 2.73 bits per heavy atom. The summed E-state index contributed by atoms with van der Waals surface area (Å²) in [6.07, 6.45) is 9.90. The third-order valence-electron chi connectivity index (χ3n) is 4.92. The number of nitrogens with zero attached hydrogens (tertiary/aromatic N) is 4. The van der Waals surface area contributed by atoms with Crippen molar-refractivity contribution in [3.05, 3.63) is 59.5 Å². The molecule has 0 amide bonds. The fraction of sp³-hybridized carbons (Fsp3) is 0.286. The minimum atomic E-state index is -2.97. The third-order valence-corrected chi connectivity index (χ3v) is 5.16. The average molecular weight is 433 g/mol. The Bertz CT molecular complexity index is 1060. The molecule has 0 N–H and O–H groups in total. The van der Waals surface area contributed by atoms with E-state index in [1.807, 2.05) is 0 Å². The van der Waals surface area contributed by atoms with Crippen LogP contribution in [-0.2, 0) is 11.3 Å².